The van der Waals surface area contributed by atoms with Crippen LogP contribution >= 0.6 is 11.3 Å². The van der Waals surface area contributed by atoms with Gasteiger partial charge in [0, 0.05) is 13.5 Å². The van der Waals surface area contributed by atoms with Crippen LogP contribution in [0.4, 0.5) is 11.1 Å². The lowest BCUT2D eigenvalue weighted by molar-refractivity contribution is 0.0601. The number of anilines is 2. The summed E-state index contributed by atoms with van der Waals surface area (Å²) in [5, 5.41) is 4.07. The molecule has 24 heavy (non-hydrogen) atoms. The highest BCUT2D eigenvalue weighted by molar-refractivity contribution is 7.15. The molecule has 1 aromatic carbocycles. The predicted octanol–water partition coefficient (Wildman–Crippen LogP) is 2.63. The second-order valence-electron chi connectivity index (χ2n) is 5.51. The summed E-state index contributed by atoms with van der Waals surface area (Å²) in [5.74, 6) is 0.309. The Labute approximate surface area is 142 Å². The van der Waals surface area contributed by atoms with Crippen LogP contribution in [0.3, 0.4) is 0 Å². The van der Waals surface area contributed by atoms with Gasteiger partial charge in [0.1, 0.15) is 0 Å². The summed E-state index contributed by atoms with van der Waals surface area (Å²) in [6, 6.07) is 5.33. The summed E-state index contributed by atoms with van der Waals surface area (Å²) >= 11 is 1.59. The number of hydrogen-bond acceptors (Lipinski definition) is 7. The van der Waals surface area contributed by atoms with Crippen molar-refractivity contribution in [3.63, 3.8) is 0 Å². The van der Waals surface area contributed by atoms with Gasteiger partial charge in [-0.2, -0.15) is 0 Å². The van der Waals surface area contributed by atoms with Crippen molar-refractivity contribution in [1.82, 2.24) is 14.5 Å². The number of nitrogens with one attached hydrogen (secondary N) is 1. The molecule has 0 radical (unpaired) electrons. The van der Waals surface area contributed by atoms with E-state index >= 15 is 0 Å². The van der Waals surface area contributed by atoms with Gasteiger partial charge in [-0.05, 0) is 18.2 Å². The molecule has 1 aliphatic heterocycles. The minimum absolute atomic E-state index is 0.371. The highest BCUT2D eigenvalue weighted by Crippen LogP contribution is 2.30. The summed E-state index contributed by atoms with van der Waals surface area (Å²) < 4.78 is 12.1. The predicted molar refractivity (Wildman–Crippen MR) is 90.8 cm³/mol. The first-order valence-electron chi connectivity index (χ1n) is 7.54. The first kappa shape index (κ1) is 15.1. The van der Waals surface area contributed by atoms with E-state index in [-0.39, 0.29) is 5.97 Å². The van der Waals surface area contributed by atoms with E-state index < -0.39 is 0 Å². The van der Waals surface area contributed by atoms with Crippen molar-refractivity contribution in [1.29, 1.82) is 0 Å². The molecule has 0 saturated heterocycles. The summed E-state index contributed by atoms with van der Waals surface area (Å²) in [4.78, 5) is 22.0. The molecule has 0 bridgehead atoms. The third-order valence-corrected chi connectivity index (χ3v) is 5.00. The number of fused-ring (bicyclic) bond motifs is 2. The fourth-order valence-corrected chi connectivity index (χ4v) is 3.67. The van der Waals surface area contributed by atoms with Crippen LogP contribution in [-0.2, 0) is 29.5 Å². The molecular weight excluding hydrogens is 328 g/mol. The van der Waals surface area contributed by atoms with Gasteiger partial charge >= 0.3 is 5.97 Å². The van der Waals surface area contributed by atoms with E-state index in [1.165, 1.54) is 7.11 Å². The molecule has 1 aliphatic rings. The molecular formula is C16H16N4O3S. The number of methoxy groups -OCH3 is 1. The molecule has 0 saturated carbocycles. The van der Waals surface area contributed by atoms with E-state index in [9.17, 15) is 4.79 Å². The quantitative estimate of drug-likeness (QED) is 0.736. The largest absolute Gasteiger partial charge is 0.465 e. The average molecular weight is 344 g/mol. The summed E-state index contributed by atoms with van der Waals surface area (Å²) in [5.41, 5.74) is 3.24. The summed E-state index contributed by atoms with van der Waals surface area (Å²) in [6.45, 7) is 1.35. The number of nitrogens with zero attached hydrogens (tertiary/aromatic N) is 3. The van der Waals surface area contributed by atoms with E-state index in [0.29, 0.717) is 18.1 Å². The maximum atomic E-state index is 11.7. The lowest BCUT2D eigenvalue weighted by Crippen LogP contribution is -2.07. The lowest BCUT2D eigenvalue weighted by Gasteiger charge is -2.08. The maximum Gasteiger partial charge on any atom is 0.337 e. The third-order valence-electron chi connectivity index (χ3n) is 4.02. The number of thiazole rings is 1. The number of esters is 1. The second-order valence-corrected chi connectivity index (χ2v) is 6.59. The van der Waals surface area contributed by atoms with Crippen molar-refractivity contribution in [2.75, 3.05) is 19.0 Å². The Morgan fingerprint density at radius 3 is 3.08 bits per heavy atom. The highest BCUT2D eigenvalue weighted by Gasteiger charge is 2.17. The molecule has 0 unspecified atom stereocenters. The number of hydrogen-bond donors (Lipinski definition) is 1. The van der Waals surface area contributed by atoms with E-state index in [2.05, 4.69) is 15.3 Å². The molecule has 3 heterocycles. The van der Waals surface area contributed by atoms with Gasteiger partial charge in [-0.3, -0.25) is 0 Å². The van der Waals surface area contributed by atoms with Gasteiger partial charge in [-0.25, -0.2) is 14.8 Å². The SMILES string of the molecule is COC(=O)c1ccc2c(c1)nc(Nc1nc3c(s1)COCC3)n2C. The molecule has 8 heteroatoms. The minimum Gasteiger partial charge on any atom is -0.465 e. The van der Waals surface area contributed by atoms with E-state index in [1.807, 2.05) is 17.7 Å². The first-order chi connectivity index (χ1) is 11.7. The number of carbonyl (C=O) groups is 1. The fraction of sp³-hybridized carbons (Fsp3) is 0.312. The monoisotopic (exact) mass is 344 g/mol. The number of benzene rings is 1. The zero-order valence-electron chi connectivity index (χ0n) is 13.3. The van der Waals surface area contributed by atoms with Crippen LogP contribution in [-0.4, -0.2) is 34.2 Å². The van der Waals surface area contributed by atoms with Crippen LogP contribution in [0.15, 0.2) is 18.2 Å². The van der Waals surface area contributed by atoms with Crippen molar-refractivity contribution in [3.8, 4) is 0 Å². The van der Waals surface area contributed by atoms with Crippen molar-refractivity contribution in [2.45, 2.75) is 13.0 Å². The Balaban J connectivity index is 1.67. The van der Waals surface area contributed by atoms with Crippen LogP contribution in [0, 0.1) is 0 Å². The van der Waals surface area contributed by atoms with Gasteiger partial charge in [0.2, 0.25) is 5.95 Å². The number of ether oxygens (including phenoxy) is 2. The molecule has 4 rings (SSSR count). The van der Waals surface area contributed by atoms with Gasteiger partial charge in [-0.1, -0.05) is 11.3 Å². The smallest absolute Gasteiger partial charge is 0.337 e. The lowest BCUT2D eigenvalue weighted by atomic mass is 10.2. The maximum absolute atomic E-state index is 11.7. The Kier molecular flexibility index (Phi) is 3.70. The van der Waals surface area contributed by atoms with Gasteiger partial charge in [0.15, 0.2) is 5.13 Å². The van der Waals surface area contributed by atoms with Crippen LogP contribution in [0.1, 0.15) is 20.9 Å². The number of carbonyl (C=O) groups excluding carboxylic acids is 1. The molecule has 2 aromatic heterocycles. The van der Waals surface area contributed by atoms with Crippen LogP contribution in [0.5, 0.6) is 0 Å². The van der Waals surface area contributed by atoms with Crippen molar-refractivity contribution >= 4 is 39.4 Å². The van der Waals surface area contributed by atoms with Crippen molar-refractivity contribution < 1.29 is 14.3 Å². The zero-order chi connectivity index (χ0) is 16.7. The van der Waals surface area contributed by atoms with Gasteiger partial charge in [0.05, 0.1) is 47.5 Å². The molecule has 1 N–H and O–H groups in total. The standard InChI is InChI=1S/C16H16N4O3S/c1-20-12-4-3-9(14(21)22-2)7-11(12)17-15(20)19-16-18-10-5-6-23-8-13(10)24-16/h3-4,7H,5-6,8H2,1-2H3,(H,17,18,19). The normalized spacial score (nSPS) is 13.8. The van der Waals surface area contributed by atoms with Crippen molar-refractivity contribution in [2.24, 2.45) is 7.05 Å². The third kappa shape index (κ3) is 2.53. The zero-order valence-corrected chi connectivity index (χ0v) is 14.1. The Morgan fingerprint density at radius 1 is 1.42 bits per heavy atom. The number of imidazole rings is 1. The molecule has 0 spiro atoms. The fourth-order valence-electron chi connectivity index (χ4n) is 2.73. The van der Waals surface area contributed by atoms with E-state index in [1.54, 1.807) is 23.5 Å². The number of aromatic nitrogens is 3. The van der Waals surface area contributed by atoms with Gasteiger partial charge in [-0.15, -0.1) is 0 Å². The molecule has 0 atom stereocenters. The molecule has 124 valence electrons. The highest BCUT2D eigenvalue weighted by atomic mass is 32.1. The van der Waals surface area contributed by atoms with E-state index in [0.717, 1.165) is 39.8 Å². The molecule has 0 amide bonds. The second kappa shape index (κ2) is 5.88. The van der Waals surface area contributed by atoms with Crippen LogP contribution < -0.4 is 5.32 Å². The minimum atomic E-state index is -0.371. The topological polar surface area (TPSA) is 78.3 Å². The first-order valence-corrected chi connectivity index (χ1v) is 8.35. The Morgan fingerprint density at radius 2 is 2.29 bits per heavy atom. The number of aryl methyl sites for hydroxylation is 1. The average Bonchev–Trinajstić information content (AvgIpc) is 3.15. The van der Waals surface area contributed by atoms with Gasteiger partial charge < -0.3 is 19.4 Å². The van der Waals surface area contributed by atoms with Crippen LogP contribution in [0.2, 0.25) is 0 Å². The Bertz CT molecular complexity index is 907. The number of rotatable bonds is 3. The van der Waals surface area contributed by atoms with Crippen LogP contribution in [0.25, 0.3) is 11.0 Å². The molecule has 7 nitrogen and oxygen atoms in total. The summed E-state index contributed by atoms with van der Waals surface area (Å²) in [6.07, 6.45) is 0.846. The molecule has 0 aliphatic carbocycles. The molecule has 3 aromatic rings. The van der Waals surface area contributed by atoms with Crippen molar-refractivity contribution in [3.05, 3.63) is 34.3 Å². The molecule has 0 fully saturated rings. The van der Waals surface area contributed by atoms with E-state index in [4.69, 9.17) is 9.47 Å². The Hall–Kier alpha value is -2.45. The summed E-state index contributed by atoms with van der Waals surface area (Å²) in [7, 11) is 3.29. The van der Waals surface area contributed by atoms with Gasteiger partial charge in [0.25, 0.3) is 0 Å².